The lowest BCUT2D eigenvalue weighted by atomic mass is 9.89. The van der Waals surface area contributed by atoms with Gasteiger partial charge in [-0.15, -0.1) is 11.3 Å². The first-order chi connectivity index (χ1) is 13.4. The maximum absolute atomic E-state index is 13.0. The SMILES string of the molecule is C[C@@H]1CCc2c(sc3ncn(CC(=O)N[C@H](C)c4ccccc4Cl)c(=O)c23)C1. The number of carbonyl (C=O) groups is 1. The maximum atomic E-state index is 13.0. The van der Waals surface area contributed by atoms with Crippen molar-refractivity contribution in [3.8, 4) is 0 Å². The molecule has 2 aromatic heterocycles. The van der Waals surface area contributed by atoms with Crippen LogP contribution in [0.3, 0.4) is 0 Å². The number of halogens is 1. The monoisotopic (exact) mass is 415 g/mol. The first-order valence-corrected chi connectivity index (χ1v) is 10.7. The quantitative estimate of drug-likeness (QED) is 0.697. The lowest BCUT2D eigenvalue weighted by Crippen LogP contribution is -2.34. The number of hydrogen-bond donors (Lipinski definition) is 1. The van der Waals surface area contributed by atoms with E-state index < -0.39 is 0 Å². The number of nitrogens with zero attached hydrogens (tertiary/aromatic N) is 2. The second kappa shape index (κ2) is 7.68. The lowest BCUT2D eigenvalue weighted by molar-refractivity contribution is -0.122. The Morgan fingerprint density at radius 1 is 1.43 bits per heavy atom. The Balaban J connectivity index is 1.56. The first kappa shape index (κ1) is 19.2. The van der Waals surface area contributed by atoms with E-state index in [9.17, 15) is 9.59 Å². The summed E-state index contributed by atoms with van der Waals surface area (Å²) >= 11 is 7.82. The smallest absolute Gasteiger partial charge is 0.262 e. The average molecular weight is 416 g/mol. The van der Waals surface area contributed by atoms with E-state index in [2.05, 4.69) is 17.2 Å². The van der Waals surface area contributed by atoms with Crippen LogP contribution in [0.5, 0.6) is 0 Å². The Morgan fingerprint density at radius 3 is 3.00 bits per heavy atom. The molecule has 2 heterocycles. The van der Waals surface area contributed by atoms with E-state index in [1.54, 1.807) is 17.4 Å². The van der Waals surface area contributed by atoms with Crippen molar-refractivity contribution in [1.82, 2.24) is 14.9 Å². The summed E-state index contributed by atoms with van der Waals surface area (Å²) in [7, 11) is 0. The van der Waals surface area contributed by atoms with Crippen LogP contribution in [0.4, 0.5) is 0 Å². The zero-order chi connectivity index (χ0) is 19.8. The molecule has 4 rings (SSSR count). The molecule has 0 aliphatic heterocycles. The van der Waals surface area contributed by atoms with Crippen LogP contribution in [-0.4, -0.2) is 15.5 Å². The molecule has 2 atom stereocenters. The molecular weight excluding hydrogens is 394 g/mol. The molecule has 0 radical (unpaired) electrons. The van der Waals surface area contributed by atoms with Gasteiger partial charge in [0.05, 0.1) is 17.8 Å². The summed E-state index contributed by atoms with van der Waals surface area (Å²) < 4.78 is 1.40. The summed E-state index contributed by atoms with van der Waals surface area (Å²) in [6, 6.07) is 7.16. The number of fused-ring (bicyclic) bond motifs is 3. The largest absolute Gasteiger partial charge is 0.348 e. The third-order valence-corrected chi connectivity index (χ3v) is 6.85. The van der Waals surface area contributed by atoms with E-state index in [0.717, 1.165) is 35.2 Å². The number of benzene rings is 1. The Hall–Kier alpha value is -2.18. The van der Waals surface area contributed by atoms with Crippen molar-refractivity contribution in [1.29, 1.82) is 0 Å². The van der Waals surface area contributed by atoms with Gasteiger partial charge in [0.2, 0.25) is 5.91 Å². The standard InChI is InChI=1S/C21H22ClN3O2S/c1-12-7-8-15-17(9-12)28-20-19(15)21(27)25(11-23-20)10-18(26)24-13(2)14-5-3-4-6-16(14)22/h3-6,11-13H,7-10H2,1-2H3,(H,24,26)/t12-,13-/m1/s1. The van der Waals surface area contributed by atoms with Crippen LogP contribution in [-0.2, 0) is 24.2 Å². The zero-order valence-corrected chi connectivity index (χ0v) is 17.4. The highest BCUT2D eigenvalue weighted by molar-refractivity contribution is 7.18. The minimum absolute atomic E-state index is 0.0579. The third kappa shape index (κ3) is 3.59. The molecule has 7 heteroatoms. The van der Waals surface area contributed by atoms with Crippen molar-refractivity contribution in [2.45, 2.75) is 45.7 Å². The first-order valence-electron chi connectivity index (χ1n) is 9.47. The highest BCUT2D eigenvalue weighted by atomic mass is 35.5. The molecular formula is C21H22ClN3O2S. The van der Waals surface area contributed by atoms with Crippen LogP contribution in [0.15, 0.2) is 35.4 Å². The zero-order valence-electron chi connectivity index (χ0n) is 15.9. The third-order valence-electron chi connectivity index (χ3n) is 5.35. The number of amides is 1. The molecule has 0 fully saturated rings. The van der Waals surface area contributed by atoms with E-state index in [0.29, 0.717) is 16.3 Å². The minimum Gasteiger partial charge on any atom is -0.348 e. The van der Waals surface area contributed by atoms with Crippen molar-refractivity contribution in [2.75, 3.05) is 0 Å². The van der Waals surface area contributed by atoms with Crippen molar-refractivity contribution < 1.29 is 4.79 Å². The Bertz CT molecular complexity index is 1100. The number of rotatable bonds is 4. The second-order valence-corrected chi connectivity index (χ2v) is 9.01. The number of nitrogens with one attached hydrogen (secondary N) is 1. The van der Waals surface area contributed by atoms with Crippen molar-refractivity contribution in [3.05, 3.63) is 62.0 Å². The highest BCUT2D eigenvalue weighted by Gasteiger charge is 2.23. The predicted octanol–water partition coefficient (Wildman–Crippen LogP) is 4.11. The van der Waals surface area contributed by atoms with Gasteiger partial charge in [-0.1, -0.05) is 36.7 Å². The molecule has 0 saturated carbocycles. The molecule has 28 heavy (non-hydrogen) atoms. The van der Waals surface area contributed by atoms with Gasteiger partial charge in [0, 0.05) is 9.90 Å². The van der Waals surface area contributed by atoms with E-state index in [4.69, 9.17) is 11.6 Å². The Morgan fingerprint density at radius 2 is 2.21 bits per heavy atom. The lowest BCUT2D eigenvalue weighted by Gasteiger charge is -2.17. The summed E-state index contributed by atoms with van der Waals surface area (Å²) in [4.78, 5) is 32.1. The molecule has 5 nitrogen and oxygen atoms in total. The van der Waals surface area contributed by atoms with Crippen LogP contribution in [0.25, 0.3) is 10.2 Å². The molecule has 1 aromatic carbocycles. The normalized spacial score (nSPS) is 17.3. The van der Waals surface area contributed by atoms with Crippen LogP contribution in [0, 0.1) is 5.92 Å². The van der Waals surface area contributed by atoms with Crippen LogP contribution in [0.1, 0.15) is 42.3 Å². The van der Waals surface area contributed by atoms with Gasteiger partial charge in [0.1, 0.15) is 11.4 Å². The Kier molecular flexibility index (Phi) is 5.25. The second-order valence-electron chi connectivity index (χ2n) is 7.52. The molecule has 3 aromatic rings. The number of carbonyl (C=O) groups excluding carboxylic acids is 1. The number of aromatic nitrogens is 2. The van der Waals surface area contributed by atoms with Gasteiger partial charge in [-0.05, 0) is 49.3 Å². The molecule has 1 N–H and O–H groups in total. The Labute approximate surface area is 172 Å². The summed E-state index contributed by atoms with van der Waals surface area (Å²) in [5.41, 5.74) is 1.85. The number of thiophene rings is 1. The topological polar surface area (TPSA) is 64.0 Å². The van der Waals surface area contributed by atoms with Crippen LogP contribution >= 0.6 is 22.9 Å². The van der Waals surface area contributed by atoms with E-state index in [1.807, 2.05) is 25.1 Å². The molecule has 1 amide bonds. The summed E-state index contributed by atoms with van der Waals surface area (Å²) in [5.74, 6) is 0.397. The van der Waals surface area contributed by atoms with E-state index in [1.165, 1.54) is 15.8 Å². The predicted molar refractivity (Wildman–Crippen MR) is 113 cm³/mol. The van der Waals surface area contributed by atoms with Crippen molar-refractivity contribution in [2.24, 2.45) is 5.92 Å². The fraction of sp³-hybridized carbons (Fsp3) is 0.381. The number of hydrogen-bond acceptors (Lipinski definition) is 4. The molecule has 0 saturated heterocycles. The molecule has 0 bridgehead atoms. The van der Waals surface area contributed by atoms with Gasteiger partial charge in [-0.25, -0.2) is 4.98 Å². The van der Waals surface area contributed by atoms with Gasteiger partial charge in [-0.2, -0.15) is 0 Å². The van der Waals surface area contributed by atoms with Crippen LogP contribution in [0.2, 0.25) is 5.02 Å². The molecule has 1 aliphatic rings. The van der Waals surface area contributed by atoms with Gasteiger partial charge in [-0.3, -0.25) is 14.2 Å². The molecule has 1 aliphatic carbocycles. The van der Waals surface area contributed by atoms with Gasteiger partial charge >= 0.3 is 0 Å². The average Bonchev–Trinajstić information content (AvgIpc) is 3.02. The van der Waals surface area contributed by atoms with Gasteiger partial charge in [0.15, 0.2) is 0 Å². The van der Waals surface area contributed by atoms with Crippen LogP contribution < -0.4 is 10.9 Å². The van der Waals surface area contributed by atoms with E-state index in [-0.39, 0.29) is 24.1 Å². The highest BCUT2D eigenvalue weighted by Crippen LogP contribution is 2.35. The van der Waals surface area contributed by atoms with Crippen molar-refractivity contribution in [3.63, 3.8) is 0 Å². The summed E-state index contributed by atoms with van der Waals surface area (Å²) in [5, 5.41) is 4.22. The molecule has 0 spiro atoms. The van der Waals surface area contributed by atoms with Crippen molar-refractivity contribution >= 4 is 39.1 Å². The molecule has 0 unspecified atom stereocenters. The summed E-state index contributed by atoms with van der Waals surface area (Å²) in [6.45, 7) is 4.06. The van der Waals surface area contributed by atoms with Gasteiger partial charge in [0.25, 0.3) is 5.56 Å². The van der Waals surface area contributed by atoms with Gasteiger partial charge < -0.3 is 5.32 Å². The molecule has 146 valence electrons. The minimum atomic E-state index is -0.246. The fourth-order valence-electron chi connectivity index (χ4n) is 3.82. The van der Waals surface area contributed by atoms with E-state index >= 15 is 0 Å². The fourth-order valence-corrected chi connectivity index (χ4v) is 5.46. The number of aryl methyl sites for hydroxylation is 1. The maximum Gasteiger partial charge on any atom is 0.262 e. The summed E-state index contributed by atoms with van der Waals surface area (Å²) in [6.07, 6.45) is 4.48.